The normalized spacial score (nSPS) is 16.0. The van der Waals surface area contributed by atoms with Gasteiger partial charge in [-0.25, -0.2) is 0 Å². The van der Waals surface area contributed by atoms with E-state index in [4.69, 9.17) is 60.9 Å². The van der Waals surface area contributed by atoms with E-state index in [0.29, 0.717) is 57.0 Å². The molecule has 3 saturated heterocycles. The first-order valence-corrected chi connectivity index (χ1v) is 16.6. The molecule has 3 aliphatic rings. The monoisotopic (exact) mass is 938 g/mol. The molecule has 0 aromatic carbocycles. The number of nitrogens with zero attached hydrogens (tertiary/aromatic N) is 6. The van der Waals surface area contributed by atoms with Crippen LogP contribution in [0.4, 0.5) is 11.6 Å². The van der Waals surface area contributed by atoms with Crippen LogP contribution < -0.4 is 30.3 Å². The van der Waals surface area contributed by atoms with Gasteiger partial charge < -0.3 is 75.2 Å². The van der Waals surface area contributed by atoms with Gasteiger partial charge in [0.05, 0.1) is 69.7 Å². The van der Waals surface area contributed by atoms with Gasteiger partial charge in [0.2, 0.25) is 13.1 Å². The number of carboxylic acids is 2. The number of aliphatic carboxylic acids is 2. The molecule has 0 amide bonds. The Morgan fingerprint density at radius 1 is 0.942 bits per heavy atom. The average Bonchev–Trinajstić information content (AvgIpc) is 3.61. The number of nitrogens with two attached hydrogens (primary N) is 1. The summed E-state index contributed by atoms with van der Waals surface area (Å²) in [4.78, 5) is 22.0. The molecule has 0 unspecified atom stereocenters. The summed E-state index contributed by atoms with van der Waals surface area (Å²) in [5.41, 5.74) is 4.78. The molecule has 2 aromatic heterocycles. The van der Waals surface area contributed by atoms with Crippen LogP contribution in [0, 0.1) is 13.8 Å². The largest absolute Gasteiger partial charge is 0.503 e. The van der Waals surface area contributed by atoms with Gasteiger partial charge in [-0.15, -0.1) is 8.75 Å². The fourth-order valence-corrected chi connectivity index (χ4v) is 4.43. The van der Waals surface area contributed by atoms with Gasteiger partial charge in [0, 0.05) is 118 Å². The number of aliphatic hydroxyl groups is 4. The number of morpholine rings is 2. The van der Waals surface area contributed by atoms with Gasteiger partial charge in [0.1, 0.15) is 25.4 Å². The van der Waals surface area contributed by atoms with Gasteiger partial charge in [-0.05, 0) is 0 Å². The van der Waals surface area contributed by atoms with E-state index < -0.39 is 18.0 Å². The van der Waals surface area contributed by atoms with Crippen LogP contribution in [0.15, 0.2) is 0 Å². The fraction of sp³-hybridized carbons (Fsp3) is 0.704. The van der Waals surface area contributed by atoms with Crippen molar-refractivity contribution in [1.82, 2.24) is 22.8 Å². The second-order valence-corrected chi connectivity index (χ2v) is 10.5. The zero-order valence-electron chi connectivity index (χ0n) is 30.1. The van der Waals surface area contributed by atoms with Crippen molar-refractivity contribution in [1.29, 1.82) is 1.43 Å². The fourth-order valence-electron chi connectivity index (χ4n) is 3.39. The Morgan fingerprint density at radius 3 is 1.71 bits per heavy atom. The molecule has 5 rings (SSSR count). The summed E-state index contributed by atoms with van der Waals surface area (Å²) >= 11 is 2.28. The topological polar surface area (TPSA) is 301 Å². The quantitative estimate of drug-likeness (QED) is 0.0572. The zero-order valence-corrected chi connectivity index (χ0v) is 36.4. The maximum atomic E-state index is 9.73. The molecule has 3 fully saturated rings. The molecule has 2 radical (unpaired) electrons. The van der Waals surface area contributed by atoms with Crippen LogP contribution >= 0.6 is 23.5 Å². The summed E-state index contributed by atoms with van der Waals surface area (Å²) < 4.78 is 49.3. The van der Waals surface area contributed by atoms with Gasteiger partial charge in [-0.1, -0.05) is 0 Å². The van der Waals surface area contributed by atoms with Gasteiger partial charge in [0.25, 0.3) is 11.8 Å². The molecule has 9 N–H and O–H groups in total. The number of anilines is 2. The van der Waals surface area contributed by atoms with Crippen LogP contribution in [0.2, 0.25) is 0 Å². The first kappa shape index (κ1) is 53.0. The third-order valence-corrected chi connectivity index (χ3v) is 6.53. The number of aliphatic hydroxyl groups excluding tert-OH is 4. The second-order valence-electron chi connectivity index (χ2n) is 9.44. The van der Waals surface area contributed by atoms with Crippen molar-refractivity contribution in [2.24, 2.45) is 5.73 Å². The van der Waals surface area contributed by atoms with Gasteiger partial charge in [-0.3, -0.25) is 23.4 Å². The predicted octanol–water partition coefficient (Wildman–Crippen LogP) is -2.80. The minimum Gasteiger partial charge on any atom is -0.503 e. The van der Waals surface area contributed by atoms with Crippen LogP contribution in [0.1, 0.15) is 0 Å². The number of carbonyl (C=O) groups is 2. The van der Waals surface area contributed by atoms with Gasteiger partial charge in [-0.2, -0.15) is 8.75 Å². The Kier molecular flexibility index (Phi) is 37.5. The second kappa shape index (κ2) is 36.8. The SMILES string of the molecule is C1CN(c2nsnc2OC[C@H]2CO2)CCO1.NCCO.OCCNC[C@H](O)COc1nsnc1N1CCOCC1.[3H]OC.[CH2-]C(=O)O.[CH2-]C(=O)O.[Y].[Y]. The molecule has 52 heavy (non-hydrogen) atoms. The Labute approximate surface area is 363 Å². The molecule has 5 heterocycles. The number of rotatable bonds is 13. The summed E-state index contributed by atoms with van der Waals surface area (Å²) in [7, 11) is 1.29. The van der Waals surface area contributed by atoms with E-state index in [1.54, 1.807) is 0 Å². The molecule has 21 nitrogen and oxygen atoms in total. The van der Waals surface area contributed by atoms with E-state index in [1.807, 2.05) is 0 Å². The number of aromatic nitrogens is 4. The number of ether oxygens (including phenoxy) is 5. The number of carboxylic acid groups (broad SMARTS) is 2. The molecule has 3 aliphatic heterocycles. The van der Waals surface area contributed by atoms with E-state index in [-0.39, 0.29) is 91.3 Å². The summed E-state index contributed by atoms with van der Waals surface area (Å²) in [6.45, 7) is 14.0. The smallest absolute Gasteiger partial charge is 0.270 e. The average molecular weight is 939 g/mol. The van der Waals surface area contributed by atoms with Crippen LogP contribution in [-0.2, 0) is 89.2 Å². The third-order valence-electron chi connectivity index (χ3n) is 5.52. The van der Waals surface area contributed by atoms with Crippen molar-refractivity contribution in [2.75, 3.05) is 122 Å². The molecular formula is C27H50N8O13S2Y2-2. The Hall–Kier alpha value is -1.15. The number of hydrogen-bond acceptors (Lipinski definition) is 21. The van der Waals surface area contributed by atoms with Gasteiger partial charge >= 0.3 is 0 Å². The Balaban J connectivity index is -0.000000673. The zero-order chi connectivity index (χ0) is 38.3. The molecule has 2 atom stereocenters. The standard InChI is InChI=1S/C11H20N4O4S.C9H13N3O3S.C2H7NO.2C2H3O2.CH4O.2Y/c16-4-1-12-7-9(17)8-19-11-10(13-20-14-11)15-2-5-18-6-3-15;1-3-13-4-2-12(1)8-9(11-16-10-8)15-6-7-5-14-7;3-1-2-4;2*1-2(3)4;1-2;;/h9,12,16-17H,1-8H2;7H,1-6H2;4H,1-3H2;2*1H2,(H,3,4);2H,1H3;;/q;;;2*-1;;;/t9-;7-;;;;;;/m01....../s1/i;;;;;2T;;. The minimum absolute atomic E-state index is 0. The first-order valence-electron chi connectivity index (χ1n) is 15.5. The summed E-state index contributed by atoms with van der Waals surface area (Å²) in [6, 6.07) is 0. The maximum absolute atomic E-state index is 9.73. The van der Waals surface area contributed by atoms with Crippen molar-refractivity contribution in [3.05, 3.63) is 13.8 Å². The molecular weight excluding hydrogens is 886 g/mol. The molecule has 296 valence electrons. The molecule has 0 aliphatic carbocycles. The predicted molar refractivity (Wildman–Crippen MR) is 183 cm³/mol. The summed E-state index contributed by atoms with van der Waals surface area (Å²) in [5, 5.41) is 47.1. The number of epoxide rings is 1. The van der Waals surface area contributed by atoms with E-state index >= 15 is 0 Å². The van der Waals surface area contributed by atoms with Crippen molar-refractivity contribution in [3.63, 3.8) is 0 Å². The van der Waals surface area contributed by atoms with Gasteiger partial charge in [0.15, 0.2) is 11.9 Å². The van der Waals surface area contributed by atoms with Crippen molar-refractivity contribution < 1.29 is 129 Å². The molecule has 2 aromatic rings. The molecule has 0 bridgehead atoms. The molecule has 0 spiro atoms. The van der Waals surface area contributed by atoms with Crippen molar-refractivity contribution in [3.8, 4) is 11.8 Å². The molecule has 0 saturated carbocycles. The van der Waals surface area contributed by atoms with Crippen LogP contribution in [0.3, 0.4) is 0 Å². The number of nitrogens with one attached hydrogen (secondary N) is 1. The number of hydrogen-bond donors (Lipinski definition) is 8. The third kappa shape index (κ3) is 29.2. The van der Waals surface area contributed by atoms with Crippen LogP contribution in [0.25, 0.3) is 0 Å². The van der Waals surface area contributed by atoms with Crippen LogP contribution in [-0.4, -0.2) is 186 Å². The van der Waals surface area contributed by atoms with Crippen molar-refractivity contribution in [2.45, 2.75) is 12.2 Å². The van der Waals surface area contributed by atoms with Crippen molar-refractivity contribution >= 4 is 47.0 Å². The summed E-state index contributed by atoms with van der Waals surface area (Å²) in [6.07, 6.45) is -0.403. The first-order chi connectivity index (χ1) is 24.5. The van der Waals surface area contributed by atoms with E-state index in [1.165, 1.54) is 18.8 Å². The van der Waals surface area contributed by atoms with E-state index in [9.17, 15) is 5.11 Å². The Morgan fingerprint density at radius 2 is 1.35 bits per heavy atom. The maximum Gasteiger partial charge on any atom is 0.270 e. The Bertz CT molecular complexity index is 1120. The van der Waals surface area contributed by atoms with Crippen LogP contribution in [0.5, 0.6) is 11.8 Å². The van der Waals surface area contributed by atoms with E-state index in [0.717, 1.165) is 63.5 Å². The van der Waals surface area contributed by atoms with E-state index in [2.05, 4.69) is 51.6 Å². The summed E-state index contributed by atoms with van der Waals surface area (Å²) in [5.74, 6) is 0.475. The minimum atomic E-state index is -1.08. The molecule has 25 heteroatoms.